The number of carbonyl (C=O) groups is 1. The number of aliphatic hydroxyl groups is 1. The zero-order valence-electron chi connectivity index (χ0n) is 18.4. The van der Waals surface area contributed by atoms with Crippen LogP contribution < -0.4 is 4.74 Å². The van der Waals surface area contributed by atoms with Crippen LogP contribution in [0.3, 0.4) is 0 Å². The molecule has 0 heterocycles. The Balaban J connectivity index is 2.14. The van der Waals surface area contributed by atoms with Gasteiger partial charge in [-0.25, -0.2) is 0 Å². The summed E-state index contributed by atoms with van der Waals surface area (Å²) in [6.07, 6.45) is 6.34. The van der Waals surface area contributed by atoms with Crippen molar-refractivity contribution in [3.63, 3.8) is 0 Å². The number of hydrogen-bond acceptors (Lipinski definition) is 5. The maximum Gasteiger partial charge on any atom is 0.174 e. The van der Waals surface area contributed by atoms with E-state index in [-0.39, 0.29) is 40.4 Å². The predicted octanol–water partition coefficient (Wildman–Crippen LogP) is 4.98. The first-order valence-corrected chi connectivity index (χ1v) is 10.4. The van der Waals surface area contributed by atoms with Crippen LogP contribution in [0.4, 0.5) is 0 Å². The molecule has 3 atom stereocenters. The second kappa shape index (κ2) is 8.98. The zero-order chi connectivity index (χ0) is 22.8. The normalized spacial score (nSPS) is 21.7. The Labute approximate surface area is 183 Å². The van der Waals surface area contributed by atoms with Crippen LogP contribution in [0.2, 0.25) is 0 Å². The standard InChI is InChI=1S/C26H30O5/c1-16-10-11-20(17-8-6-5-7-9-17)23(19(16)12-13-26(2,3)30)25(29)24-21(27)14-18(31-4)15-22(24)28/h5-10,12-15,19-20,23,27-28,30H,11H2,1-4H3/b13-12+/t19-,20+,23-/m1/s1. The number of hydrogen-bond donors (Lipinski definition) is 3. The van der Waals surface area contributed by atoms with Crippen molar-refractivity contribution in [3.8, 4) is 17.2 Å². The number of allylic oxidation sites excluding steroid dienone is 3. The minimum absolute atomic E-state index is 0.108. The molecule has 2 aromatic rings. The van der Waals surface area contributed by atoms with Crippen molar-refractivity contribution in [2.75, 3.05) is 7.11 Å². The third-order valence-electron chi connectivity index (χ3n) is 5.83. The van der Waals surface area contributed by atoms with Gasteiger partial charge in [-0.15, -0.1) is 0 Å². The highest BCUT2D eigenvalue weighted by Gasteiger charge is 2.40. The summed E-state index contributed by atoms with van der Waals surface area (Å²) >= 11 is 0. The van der Waals surface area contributed by atoms with Gasteiger partial charge in [-0.1, -0.05) is 54.1 Å². The first-order chi connectivity index (χ1) is 14.6. The van der Waals surface area contributed by atoms with Crippen LogP contribution in [0.5, 0.6) is 17.2 Å². The van der Waals surface area contributed by atoms with Gasteiger partial charge in [-0.05, 0) is 38.7 Å². The van der Waals surface area contributed by atoms with Crippen molar-refractivity contribution in [1.29, 1.82) is 0 Å². The molecule has 2 aromatic carbocycles. The average molecular weight is 423 g/mol. The highest BCUT2D eigenvalue weighted by Crippen LogP contribution is 2.46. The molecule has 5 heteroatoms. The summed E-state index contributed by atoms with van der Waals surface area (Å²) in [5.74, 6) is -1.70. The minimum Gasteiger partial charge on any atom is -0.507 e. The van der Waals surface area contributed by atoms with Gasteiger partial charge in [0.2, 0.25) is 0 Å². The highest BCUT2D eigenvalue weighted by molar-refractivity contribution is 6.04. The molecule has 3 N–H and O–H groups in total. The Morgan fingerprint density at radius 3 is 2.29 bits per heavy atom. The molecule has 3 rings (SSSR count). The van der Waals surface area contributed by atoms with E-state index in [4.69, 9.17) is 4.74 Å². The number of phenols is 2. The smallest absolute Gasteiger partial charge is 0.174 e. The van der Waals surface area contributed by atoms with E-state index in [1.165, 1.54) is 19.2 Å². The fourth-order valence-electron chi connectivity index (χ4n) is 4.25. The average Bonchev–Trinajstić information content (AvgIpc) is 2.71. The number of phenolic OH excluding ortho intramolecular Hbond substituents is 2. The van der Waals surface area contributed by atoms with Gasteiger partial charge >= 0.3 is 0 Å². The molecule has 0 fully saturated rings. The summed E-state index contributed by atoms with van der Waals surface area (Å²) in [6.45, 7) is 5.32. The number of aromatic hydroxyl groups is 2. The van der Waals surface area contributed by atoms with Gasteiger partial charge in [0.1, 0.15) is 22.8 Å². The highest BCUT2D eigenvalue weighted by atomic mass is 16.5. The lowest BCUT2D eigenvalue weighted by Crippen LogP contribution is -2.33. The molecule has 0 aromatic heterocycles. The van der Waals surface area contributed by atoms with E-state index in [9.17, 15) is 20.1 Å². The first kappa shape index (κ1) is 22.6. The number of Topliss-reactive ketones (excluding diaryl/α,β-unsaturated/α-hetero) is 1. The SMILES string of the molecule is COc1cc(O)c(C(=O)[C@@H]2[C@H](/C=C/C(C)(C)O)C(C)=CC[C@H]2c2ccccc2)c(O)c1. The Kier molecular flexibility index (Phi) is 6.56. The second-order valence-electron chi connectivity index (χ2n) is 8.67. The number of ketones is 1. The van der Waals surface area contributed by atoms with Crippen LogP contribution in [0, 0.1) is 11.8 Å². The lowest BCUT2D eigenvalue weighted by molar-refractivity contribution is 0.0859. The molecule has 0 amide bonds. The summed E-state index contributed by atoms with van der Waals surface area (Å²) in [6, 6.07) is 12.4. The fraction of sp³-hybridized carbons (Fsp3) is 0.346. The van der Waals surface area contributed by atoms with Gasteiger partial charge in [0.05, 0.1) is 12.7 Å². The molecule has 1 aliphatic rings. The van der Waals surface area contributed by atoms with Crippen LogP contribution in [0.1, 0.15) is 49.0 Å². The van der Waals surface area contributed by atoms with Crippen molar-refractivity contribution in [2.45, 2.75) is 38.7 Å². The molecule has 0 unspecified atom stereocenters. The maximum absolute atomic E-state index is 13.8. The molecule has 0 radical (unpaired) electrons. The number of benzene rings is 2. The quantitative estimate of drug-likeness (QED) is 0.451. The van der Waals surface area contributed by atoms with Crippen LogP contribution in [0.25, 0.3) is 0 Å². The summed E-state index contributed by atoms with van der Waals surface area (Å²) < 4.78 is 5.08. The maximum atomic E-state index is 13.8. The Bertz CT molecular complexity index is 975. The molecular formula is C26H30O5. The van der Waals surface area contributed by atoms with Gasteiger partial charge in [0.25, 0.3) is 0 Å². The van der Waals surface area contributed by atoms with E-state index in [1.807, 2.05) is 43.3 Å². The van der Waals surface area contributed by atoms with Gasteiger partial charge < -0.3 is 20.1 Å². The van der Waals surface area contributed by atoms with E-state index < -0.39 is 11.5 Å². The summed E-state index contributed by atoms with van der Waals surface area (Å²) in [7, 11) is 1.42. The Morgan fingerprint density at radius 1 is 1.13 bits per heavy atom. The van der Waals surface area contributed by atoms with E-state index in [2.05, 4.69) is 6.08 Å². The third kappa shape index (κ3) is 5.00. The molecule has 31 heavy (non-hydrogen) atoms. The van der Waals surface area contributed by atoms with Crippen LogP contribution >= 0.6 is 0 Å². The van der Waals surface area contributed by atoms with Gasteiger partial charge in [-0.2, -0.15) is 0 Å². The van der Waals surface area contributed by atoms with Crippen molar-refractivity contribution in [3.05, 3.63) is 77.4 Å². The van der Waals surface area contributed by atoms with Crippen molar-refractivity contribution in [1.82, 2.24) is 0 Å². The summed E-state index contributed by atoms with van der Waals surface area (Å²) in [5, 5.41) is 31.3. The van der Waals surface area contributed by atoms with Gasteiger partial charge in [0, 0.05) is 24.0 Å². The van der Waals surface area contributed by atoms with Crippen LogP contribution in [-0.4, -0.2) is 33.8 Å². The number of methoxy groups -OCH3 is 1. The zero-order valence-corrected chi connectivity index (χ0v) is 18.4. The van der Waals surface area contributed by atoms with Crippen molar-refractivity contribution >= 4 is 5.78 Å². The third-order valence-corrected chi connectivity index (χ3v) is 5.83. The largest absolute Gasteiger partial charge is 0.507 e. The van der Waals surface area contributed by atoms with E-state index in [1.54, 1.807) is 19.9 Å². The number of carbonyl (C=O) groups excluding carboxylic acids is 1. The van der Waals surface area contributed by atoms with E-state index in [0.29, 0.717) is 6.42 Å². The topological polar surface area (TPSA) is 87.0 Å². The molecule has 5 nitrogen and oxygen atoms in total. The number of ether oxygens (including phenoxy) is 1. The van der Waals surface area contributed by atoms with Crippen LogP contribution in [-0.2, 0) is 0 Å². The van der Waals surface area contributed by atoms with Gasteiger partial charge in [0.15, 0.2) is 5.78 Å². The minimum atomic E-state index is -1.03. The summed E-state index contributed by atoms with van der Waals surface area (Å²) in [4.78, 5) is 13.8. The van der Waals surface area contributed by atoms with Crippen LogP contribution in [0.15, 0.2) is 66.3 Å². The number of rotatable bonds is 6. The Morgan fingerprint density at radius 2 is 1.74 bits per heavy atom. The van der Waals surface area contributed by atoms with Gasteiger partial charge in [-0.3, -0.25) is 4.79 Å². The lowest BCUT2D eigenvalue weighted by Gasteiger charge is -2.36. The van der Waals surface area contributed by atoms with Crippen molar-refractivity contribution < 1.29 is 24.9 Å². The monoisotopic (exact) mass is 422 g/mol. The van der Waals surface area contributed by atoms with E-state index >= 15 is 0 Å². The molecule has 164 valence electrons. The Hall–Kier alpha value is -3.05. The fourth-order valence-corrected chi connectivity index (χ4v) is 4.25. The molecule has 1 aliphatic carbocycles. The summed E-state index contributed by atoms with van der Waals surface area (Å²) in [5.41, 5.74) is 0.887. The second-order valence-corrected chi connectivity index (χ2v) is 8.67. The molecule has 0 bridgehead atoms. The predicted molar refractivity (Wildman–Crippen MR) is 121 cm³/mol. The molecular weight excluding hydrogens is 392 g/mol. The molecule has 0 saturated carbocycles. The first-order valence-electron chi connectivity index (χ1n) is 10.4. The van der Waals surface area contributed by atoms with Crippen molar-refractivity contribution in [2.24, 2.45) is 11.8 Å². The molecule has 0 aliphatic heterocycles. The molecule has 0 saturated heterocycles. The van der Waals surface area contributed by atoms with E-state index in [0.717, 1.165) is 11.1 Å². The molecule has 0 spiro atoms. The lowest BCUT2D eigenvalue weighted by atomic mass is 9.66.